The van der Waals surface area contributed by atoms with Crippen molar-refractivity contribution in [2.45, 2.75) is 89.2 Å². The molecule has 0 bridgehead atoms. The Hall–Kier alpha value is -8.99. The molecule has 476 valence electrons. The highest BCUT2D eigenvalue weighted by Crippen LogP contribution is 2.39. The Balaban J connectivity index is 0.834. The Kier molecular flexibility index (Phi) is 22.3. The topological polar surface area (TPSA) is 360 Å². The molecule has 26 nitrogen and oxygen atoms in total. The molecule has 8 N–H and O–H groups in total. The number of urea groups is 1. The maximum atomic E-state index is 15.4. The van der Waals surface area contributed by atoms with E-state index in [2.05, 4.69) is 58.6 Å². The van der Waals surface area contributed by atoms with Crippen LogP contribution in [-0.2, 0) is 58.2 Å². The van der Waals surface area contributed by atoms with Crippen LogP contribution in [0.1, 0.15) is 83.6 Å². The lowest BCUT2D eigenvalue weighted by Gasteiger charge is -2.28. The molecule has 7 amide bonds. The average Bonchev–Trinajstić information content (AvgIpc) is 1.40. The first kappa shape index (κ1) is 67.0. The van der Waals surface area contributed by atoms with Gasteiger partial charge < -0.3 is 61.1 Å². The molecule has 0 radical (unpaired) electrons. The lowest BCUT2D eigenvalue weighted by Crippen LogP contribution is -2.54. The molecular formula is C60H68FN13O13S3. The van der Waals surface area contributed by atoms with Gasteiger partial charge in [-0.05, 0) is 106 Å². The van der Waals surface area contributed by atoms with Crippen LogP contribution in [0.5, 0.6) is 5.75 Å². The van der Waals surface area contributed by atoms with E-state index in [0.717, 1.165) is 57.3 Å². The highest BCUT2D eigenvalue weighted by Gasteiger charge is 2.32. The van der Waals surface area contributed by atoms with E-state index in [4.69, 9.17) is 15.2 Å². The van der Waals surface area contributed by atoms with E-state index in [1.54, 1.807) is 34.0 Å². The third kappa shape index (κ3) is 17.9. The molecule has 8 rings (SSSR count). The number of hydrogen-bond donors (Lipinski definition) is 7. The number of para-hydroxylation sites is 1. The van der Waals surface area contributed by atoms with Crippen molar-refractivity contribution < 1.29 is 70.0 Å². The van der Waals surface area contributed by atoms with Gasteiger partial charge >= 0.3 is 6.03 Å². The van der Waals surface area contributed by atoms with Crippen LogP contribution in [-0.4, -0.2) is 156 Å². The molecule has 0 unspecified atom stereocenters. The van der Waals surface area contributed by atoms with E-state index in [-0.39, 0.29) is 98.9 Å². The largest absolute Gasteiger partial charge is 0.543 e. The van der Waals surface area contributed by atoms with Crippen LogP contribution in [0.2, 0.25) is 0 Å². The summed E-state index contributed by atoms with van der Waals surface area (Å²) in [5, 5.41) is 36.1. The maximum Gasteiger partial charge on any atom is 0.312 e. The van der Waals surface area contributed by atoms with Crippen molar-refractivity contribution in [3.05, 3.63) is 111 Å². The van der Waals surface area contributed by atoms with Gasteiger partial charge in [0, 0.05) is 64.5 Å². The van der Waals surface area contributed by atoms with Crippen molar-refractivity contribution in [1.29, 1.82) is 0 Å². The number of ether oxygens (including phenoxy) is 2. The van der Waals surface area contributed by atoms with E-state index in [9.17, 15) is 51.6 Å². The molecule has 2 aliphatic rings. The zero-order valence-electron chi connectivity index (χ0n) is 49.9. The highest BCUT2D eigenvalue weighted by atomic mass is 32.2. The molecule has 0 spiro atoms. The van der Waals surface area contributed by atoms with Crippen LogP contribution in [0.3, 0.4) is 0 Å². The second-order valence-corrected chi connectivity index (χ2v) is 25.6. The van der Waals surface area contributed by atoms with Crippen LogP contribution in [0.4, 0.5) is 36.8 Å². The third-order valence-corrected chi connectivity index (χ3v) is 17.4. The Labute approximate surface area is 526 Å². The summed E-state index contributed by atoms with van der Waals surface area (Å²) in [7, 11) is -1.39. The van der Waals surface area contributed by atoms with Crippen molar-refractivity contribution in [3.63, 3.8) is 0 Å². The number of nitrogens with two attached hydrogens (primary N) is 1. The number of carbonyl (C=O) groups is 7. The summed E-state index contributed by atoms with van der Waals surface area (Å²) in [6.45, 7) is 5.94. The first-order chi connectivity index (χ1) is 42.8. The van der Waals surface area contributed by atoms with Crippen molar-refractivity contribution in [1.82, 2.24) is 41.0 Å². The summed E-state index contributed by atoms with van der Waals surface area (Å²) < 4.78 is 63.8. The van der Waals surface area contributed by atoms with Gasteiger partial charge in [-0.1, -0.05) is 43.2 Å². The Morgan fingerprint density at radius 2 is 1.71 bits per heavy atom. The molecule has 0 saturated heterocycles. The van der Waals surface area contributed by atoms with Gasteiger partial charge in [0.1, 0.15) is 35.8 Å². The number of amides is 7. The predicted octanol–water partition coefficient (Wildman–Crippen LogP) is 4.41. The van der Waals surface area contributed by atoms with Gasteiger partial charge in [0.15, 0.2) is 33.5 Å². The molecular weight excluding hydrogens is 1230 g/mol. The molecule has 90 heavy (non-hydrogen) atoms. The number of nitrogens with one attached hydrogen (secondary N) is 5. The minimum absolute atomic E-state index is 0.0103. The maximum absolute atomic E-state index is 15.4. The SMILES string of the molecule is Cc1c(Nc2nc3ccccc3s2)nnc2c1CCCN2c1nc(C(=O)[O-])c(CCCOc2ccc(C#CC[N+](C)(C)Cc3ccc(NC(=O)[C@H](CCCNC(N)=O)NC(=O)[C@@H](NC(=O)CCOCCN4C(=O)C=CC4=O)C(C)C)cc3S(=O)(=O)O)cc2F)s1. The molecule has 2 aliphatic heterocycles. The van der Waals surface area contributed by atoms with E-state index in [1.807, 2.05) is 36.1 Å². The molecule has 0 aliphatic carbocycles. The van der Waals surface area contributed by atoms with Crippen LogP contribution in [0.15, 0.2) is 77.7 Å². The number of hydrogen-bond acceptors (Lipinski definition) is 20. The van der Waals surface area contributed by atoms with Gasteiger partial charge in [-0.15, -0.1) is 21.5 Å². The third-order valence-electron chi connectivity index (χ3n) is 14.4. The monoisotopic (exact) mass is 1290 g/mol. The Morgan fingerprint density at radius 1 is 0.944 bits per heavy atom. The number of nitrogens with zero attached hydrogens (tertiary/aromatic N) is 7. The molecule has 6 aromatic rings. The number of primary amides is 1. The van der Waals surface area contributed by atoms with Gasteiger partial charge in [-0.3, -0.25) is 33.4 Å². The van der Waals surface area contributed by atoms with Crippen LogP contribution in [0.25, 0.3) is 10.2 Å². The number of aryl methyl sites for hydroxylation is 1. The summed E-state index contributed by atoms with van der Waals surface area (Å²) >= 11 is 2.72. The Morgan fingerprint density at radius 3 is 2.42 bits per heavy atom. The molecule has 0 saturated carbocycles. The predicted molar refractivity (Wildman–Crippen MR) is 331 cm³/mol. The number of quaternary nitrogens is 1. The minimum atomic E-state index is -4.90. The molecule has 3 aromatic carbocycles. The lowest BCUT2D eigenvalue weighted by atomic mass is 10.0. The second-order valence-electron chi connectivity index (χ2n) is 22.1. The zero-order chi connectivity index (χ0) is 64.9. The number of anilines is 5. The molecule has 3 aromatic heterocycles. The van der Waals surface area contributed by atoms with Gasteiger partial charge in [0.05, 0.1) is 56.6 Å². The van der Waals surface area contributed by atoms with Crippen molar-refractivity contribution in [2.75, 3.05) is 75.6 Å². The number of fused-ring (bicyclic) bond motifs is 2. The number of carbonyl (C=O) groups excluding carboxylic acids is 7. The van der Waals surface area contributed by atoms with Crippen LogP contribution in [0, 0.1) is 30.5 Å². The van der Waals surface area contributed by atoms with Gasteiger partial charge in [-0.2, -0.15) is 8.42 Å². The van der Waals surface area contributed by atoms with E-state index < -0.39 is 80.4 Å². The second kappa shape index (κ2) is 30.0. The normalized spacial score (nSPS) is 13.8. The van der Waals surface area contributed by atoms with E-state index >= 15 is 4.39 Å². The van der Waals surface area contributed by atoms with Gasteiger partial charge in [0.2, 0.25) is 17.7 Å². The fraction of sp³-hybridized carbons (Fsp3) is 0.383. The van der Waals surface area contributed by atoms with Crippen molar-refractivity contribution >= 4 is 112 Å². The molecule has 30 heteroatoms. The number of aromatic nitrogens is 4. The fourth-order valence-electron chi connectivity index (χ4n) is 9.81. The van der Waals surface area contributed by atoms with Gasteiger partial charge in [0.25, 0.3) is 21.9 Å². The average molecular weight is 1290 g/mol. The van der Waals surface area contributed by atoms with Crippen molar-refractivity contribution in [3.8, 4) is 17.6 Å². The van der Waals surface area contributed by atoms with E-state index in [0.29, 0.717) is 45.3 Å². The van der Waals surface area contributed by atoms with E-state index in [1.165, 1.54) is 46.9 Å². The van der Waals surface area contributed by atoms with Crippen LogP contribution >= 0.6 is 22.7 Å². The summed E-state index contributed by atoms with van der Waals surface area (Å²) in [6, 6.07) is 12.7. The number of thiazole rings is 2. The van der Waals surface area contributed by atoms with Gasteiger partial charge in [-0.25, -0.2) is 19.2 Å². The number of aromatic carboxylic acids is 1. The van der Waals surface area contributed by atoms with Crippen molar-refractivity contribution in [2.24, 2.45) is 11.7 Å². The number of rotatable bonds is 29. The molecule has 0 fully saturated rings. The Bertz CT molecular complexity index is 3870. The molecule has 2 atom stereocenters. The summed E-state index contributed by atoms with van der Waals surface area (Å²) in [6.07, 6.45) is 4.30. The fourth-order valence-corrected chi connectivity index (χ4v) is 12.5. The number of carboxylic acid groups (broad SMARTS) is 1. The number of benzene rings is 3. The summed E-state index contributed by atoms with van der Waals surface area (Å²) in [4.78, 5) is 99.6. The first-order valence-electron chi connectivity index (χ1n) is 28.7. The lowest BCUT2D eigenvalue weighted by molar-refractivity contribution is -0.896. The number of carboxylic acids is 1. The number of halogens is 1. The quantitative estimate of drug-likeness (QED) is 0.0112. The van der Waals surface area contributed by atoms with Crippen LogP contribution < -0.4 is 47.1 Å². The first-order valence-corrected chi connectivity index (χ1v) is 31.8. The summed E-state index contributed by atoms with van der Waals surface area (Å²) in [5.41, 5.74) is 8.19. The number of imide groups is 1. The zero-order valence-corrected chi connectivity index (χ0v) is 52.4. The smallest absolute Gasteiger partial charge is 0.312 e. The summed E-state index contributed by atoms with van der Waals surface area (Å²) in [5.74, 6) is 1.44. The molecule has 5 heterocycles. The minimum Gasteiger partial charge on any atom is -0.543 e. The highest BCUT2D eigenvalue weighted by molar-refractivity contribution is 7.85. The standard InChI is InChI=1S/C60H68FN13O13S3/c1-35(2)51(67-48(75)24-30-86-31-27-72-49(76)22-23-50(72)77)56(79)65-43(15-8-25-63-58(62)82)55(78)64-39-20-19-38(47(33-39)90(83,84)85)34-74(4,5)28-10-12-37-18-21-44(41(61)32-37)87-29-11-17-46-52(57(80)81)68-60(89-46)73-26-9-13-40-36(3)53(70-71-54(40)73)69-59-66-42-14-6-7-16-45(42)88-59/h6-7,14,16,18-23,32-33,35,43,51H,8-9,11,13,15,17,24-31,34H2,1-5H3,(H8-,62,63,64,65,66,67,69,70,75,78,79,80,81,82,83,84,85)/t43-,51-/m0/s1.